The van der Waals surface area contributed by atoms with Gasteiger partial charge >= 0.3 is 0 Å². The molecule has 0 radical (unpaired) electrons. The van der Waals surface area contributed by atoms with Gasteiger partial charge in [-0.05, 0) is 36.8 Å². The number of thiazole rings is 1. The predicted octanol–water partition coefficient (Wildman–Crippen LogP) is 3.60. The molecule has 148 valence electrons. The van der Waals surface area contributed by atoms with Gasteiger partial charge in [-0.2, -0.15) is 10.4 Å². The lowest BCUT2D eigenvalue weighted by molar-refractivity contribution is -0.121. The molecule has 29 heavy (non-hydrogen) atoms. The Morgan fingerprint density at radius 2 is 2.07 bits per heavy atom. The van der Waals surface area contributed by atoms with E-state index in [1.54, 1.807) is 13.1 Å². The van der Waals surface area contributed by atoms with Crippen LogP contribution in [0.3, 0.4) is 0 Å². The normalized spacial score (nSPS) is 11.9. The maximum absolute atomic E-state index is 12.3. The van der Waals surface area contributed by atoms with Crippen molar-refractivity contribution in [2.24, 2.45) is 5.10 Å². The van der Waals surface area contributed by atoms with E-state index in [2.05, 4.69) is 26.9 Å². The molecule has 1 amide bonds. The first-order valence-corrected chi connectivity index (χ1v) is 10.0. The molecule has 0 aliphatic heterocycles. The molecular weight excluding hydrogens is 384 g/mol. The van der Waals surface area contributed by atoms with Crippen LogP contribution in [0.25, 0.3) is 10.2 Å². The zero-order chi connectivity index (χ0) is 20.6. The van der Waals surface area contributed by atoms with E-state index in [0.29, 0.717) is 18.1 Å². The number of anilines is 2. The minimum absolute atomic E-state index is 0.242. The van der Waals surface area contributed by atoms with Crippen LogP contribution in [0.5, 0.6) is 0 Å². The number of amides is 1. The van der Waals surface area contributed by atoms with Crippen LogP contribution in [0.15, 0.2) is 53.6 Å². The minimum atomic E-state index is -0.469. The summed E-state index contributed by atoms with van der Waals surface area (Å²) >= 11 is 1.51. The Hall–Kier alpha value is -3.44. The zero-order valence-corrected chi connectivity index (χ0v) is 17.1. The number of aromatic nitrogens is 1. The Kier molecular flexibility index (Phi) is 6.76. The van der Waals surface area contributed by atoms with Crippen LogP contribution < -0.4 is 15.6 Å². The van der Waals surface area contributed by atoms with E-state index in [0.717, 1.165) is 21.5 Å². The summed E-state index contributed by atoms with van der Waals surface area (Å²) in [7, 11) is 1.94. The molecule has 0 saturated carbocycles. The molecular formula is C21H22N6OS. The Balaban J connectivity index is 1.51. The number of carbonyl (C=O) groups is 1. The van der Waals surface area contributed by atoms with Crippen molar-refractivity contribution in [3.8, 4) is 6.07 Å². The number of hydrogen-bond donors (Lipinski definition) is 2. The second-order valence-corrected chi connectivity index (χ2v) is 7.54. The summed E-state index contributed by atoms with van der Waals surface area (Å²) in [5.74, 6) is -0.242. The van der Waals surface area contributed by atoms with Gasteiger partial charge in [0, 0.05) is 19.3 Å². The molecule has 2 aromatic carbocycles. The monoisotopic (exact) mass is 406 g/mol. The summed E-state index contributed by atoms with van der Waals surface area (Å²) in [6.45, 7) is 2.45. The molecule has 7 nitrogen and oxygen atoms in total. The predicted molar refractivity (Wildman–Crippen MR) is 118 cm³/mol. The van der Waals surface area contributed by atoms with Gasteiger partial charge in [0.25, 0.3) is 5.91 Å². The molecule has 0 bridgehead atoms. The summed E-state index contributed by atoms with van der Waals surface area (Å²) < 4.78 is 1.07. The van der Waals surface area contributed by atoms with Gasteiger partial charge in [0.1, 0.15) is 6.04 Å². The lowest BCUT2D eigenvalue weighted by atomic mass is 10.2. The number of para-hydroxylation sites is 1. The first kappa shape index (κ1) is 20.3. The van der Waals surface area contributed by atoms with Crippen molar-refractivity contribution >= 4 is 44.5 Å². The summed E-state index contributed by atoms with van der Waals surface area (Å²) in [6, 6.07) is 17.3. The SMILES string of the molecule is C[C@H](Nc1nc2ccccc2s1)C(=O)N/N=C\c1ccc(N(C)CCC#N)cc1. The maximum Gasteiger partial charge on any atom is 0.262 e. The van der Waals surface area contributed by atoms with Gasteiger partial charge in [0.05, 0.1) is 28.9 Å². The Bertz CT molecular complexity index is 1000. The van der Waals surface area contributed by atoms with Gasteiger partial charge in [-0.1, -0.05) is 35.6 Å². The number of benzene rings is 2. The largest absolute Gasteiger partial charge is 0.374 e. The number of rotatable bonds is 8. The number of carbonyl (C=O) groups excluding carboxylic acids is 1. The van der Waals surface area contributed by atoms with E-state index in [1.165, 1.54) is 11.3 Å². The van der Waals surface area contributed by atoms with Crippen molar-refractivity contribution in [3.63, 3.8) is 0 Å². The molecule has 0 spiro atoms. The number of hydrazone groups is 1. The van der Waals surface area contributed by atoms with Gasteiger partial charge in [-0.15, -0.1) is 0 Å². The maximum atomic E-state index is 12.3. The van der Waals surface area contributed by atoms with Crippen molar-refractivity contribution < 1.29 is 4.79 Å². The van der Waals surface area contributed by atoms with E-state index in [-0.39, 0.29) is 5.91 Å². The van der Waals surface area contributed by atoms with Crippen LogP contribution in [0, 0.1) is 11.3 Å². The molecule has 0 aliphatic rings. The lowest BCUT2D eigenvalue weighted by Gasteiger charge is -2.17. The average Bonchev–Trinajstić information content (AvgIpc) is 3.14. The van der Waals surface area contributed by atoms with E-state index in [9.17, 15) is 4.79 Å². The van der Waals surface area contributed by atoms with Gasteiger partial charge in [-0.25, -0.2) is 10.4 Å². The Labute approximate surface area is 173 Å². The summed E-state index contributed by atoms with van der Waals surface area (Å²) in [6.07, 6.45) is 2.08. The van der Waals surface area contributed by atoms with Crippen molar-refractivity contribution in [2.75, 3.05) is 23.8 Å². The molecule has 0 unspecified atom stereocenters. The van der Waals surface area contributed by atoms with Crippen LogP contribution in [0.4, 0.5) is 10.8 Å². The number of hydrogen-bond acceptors (Lipinski definition) is 7. The summed E-state index contributed by atoms with van der Waals surface area (Å²) in [5, 5.41) is 16.5. The van der Waals surface area contributed by atoms with Gasteiger partial charge in [0.2, 0.25) is 0 Å². The van der Waals surface area contributed by atoms with Crippen LogP contribution in [-0.4, -0.2) is 36.7 Å². The third-order valence-corrected chi connectivity index (χ3v) is 5.28. The highest BCUT2D eigenvalue weighted by Crippen LogP contribution is 2.25. The van der Waals surface area contributed by atoms with E-state index >= 15 is 0 Å². The van der Waals surface area contributed by atoms with Gasteiger partial charge < -0.3 is 10.2 Å². The molecule has 8 heteroatoms. The van der Waals surface area contributed by atoms with Crippen molar-refractivity contribution in [1.29, 1.82) is 5.26 Å². The van der Waals surface area contributed by atoms with Gasteiger partial charge in [-0.3, -0.25) is 4.79 Å². The second-order valence-electron chi connectivity index (χ2n) is 6.51. The van der Waals surface area contributed by atoms with Crippen molar-refractivity contribution in [3.05, 3.63) is 54.1 Å². The van der Waals surface area contributed by atoms with Crippen molar-refractivity contribution in [2.45, 2.75) is 19.4 Å². The first-order chi connectivity index (χ1) is 14.1. The van der Waals surface area contributed by atoms with E-state index in [4.69, 9.17) is 5.26 Å². The van der Waals surface area contributed by atoms with Gasteiger partial charge in [0.15, 0.2) is 5.13 Å². The average molecular weight is 407 g/mol. The van der Waals surface area contributed by atoms with E-state index < -0.39 is 6.04 Å². The highest BCUT2D eigenvalue weighted by Gasteiger charge is 2.14. The minimum Gasteiger partial charge on any atom is -0.374 e. The molecule has 3 aromatic rings. The number of nitriles is 1. The van der Waals surface area contributed by atoms with Crippen LogP contribution in [0.1, 0.15) is 18.9 Å². The smallest absolute Gasteiger partial charge is 0.262 e. The van der Waals surface area contributed by atoms with E-state index in [1.807, 2.05) is 60.5 Å². The second kappa shape index (κ2) is 9.66. The highest BCUT2D eigenvalue weighted by atomic mass is 32.1. The molecule has 2 N–H and O–H groups in total. The fourth-order valence-electron chi connectivity index (χ4n) is 2.61. The fourth-order valence-corrected chi connectivity index (χ4v) is 3.57. The molecule has 3 rings (SSSR count). The fraction of sp³-hybridized carbons (Fsp3) is 0.238. The first-order valence-electron chi connectivity index (χ1n) is 9.20. The molecule has 0 aliphatic carbocycles. The van der Waals surface area contributed by atoms with Crippen molar-refractivity contribution in [1.82, 2.24) is 10.4 Å². The standard InChI is InChI=1S/C21H22N6OS/c1-15(24-21-25-18-6-3-4-7-19(18)29-21)20(28)26-23-14-16-8-10-17(11-9-16)27(2)13-5-12-22/h3-4,6-11,14-15H,5,13H2,1-2H3,(H,24,25)(H,26,28)/b23-14-/t15-/m0/s1. The number of nitrogens with one attached hydrogen (secondary N) is 2. The van der Waals surface area contributed by atoms with Crippen LogP contribution >= 0.6 is 11.3 Å². The lowest BCUT2D eigenvalue weighted by Crippen LogP contribution is -2.34. The number of fused-ring (bicyclic) bond motifs is 1. The Morgan fingerprint density at radius 3 is 2.79 bits per heavy atom. The van der Waals surface area contributed by atoms with Crippen LogP contribution in [0.2, 0.25) is 0 Å². The molecule has 1 heterocycles. The summed E-state index contributed by atoms with van der Waals surface area (Å²) in [5.41, 5.74) is 5.35. The third kappa shape index (κ3) is 5.53. The topological polar surface area (TPSA) is 93.4 Å². The quantitative estimate of drug-likeness (QED) is 0.440. The Morgan fingerprint density at radius 1 is 1.31 bits per heavy atom. The van der Waals surface area contributed by atoms with Crippen LogP contribution in [-0.2, 0) is 4.79 Å². The summed E-state index contributed by atoms with van der Waals surface area (Å²) in [4.78, 5) is 18.7. The highest BCUT2D eigenvalue weighted by molar-refractivity contribution is 7.22. The molecule has 1 atom stereocenters. The molecule has 0 fully saturated rings. The number of nitrogens with zero attached hydrogens (tertiary/aromatic N) is 4. The third-order valence-electron chi connectivity index (χ3n) is 4.31. The zero-order valence-electron chi connectivity index (χ0n) is 16.3. The molecule has 1 aromatic heterocycles. The molecule has 0 saturated heterocycles.